The second-order valence-corrected chi connectivity index (χ2v) is 7.51. The zero-order valence-corrected chi connectivity index (χ0v) is 16.8. The highest BCUT2D eigenvalue weighted by Crippen LogP contribution is 2.32. The Balaban J connectivity index is 1.66. The molecule has 1 aliphatic rings. The third-order valence-corrected chi connectivity index (χ3v) is 5.47. The first-order valence-corrected chi connectivity index (χ1v) is 10.00. The molecule has 3 N–H and O–H groups in total. The van der Waals surface area contributed by atoms with E-state index in [9.17, 15) is 9.59 Å². The van der Waals surface area contributed by atoms with Crippen LogP contribution in [0.15, 0.2) is 55.1 Å². The van der Waals surface area contributed by atoms with E-state index >= 15 is 0 Å². The highest BCUT2D eigenvalue weighted by molar-refractivity contribution is 6.07. The van der Waals surface area contributed by atoms with Gasteiger partial charge < -0.3 is 16.0 Å². The number of piperidine rings is 1. The Morgan fingerprint density at radius 2 is 1.87 bits per heavy atom. The van der Waals surface area contributed by atoms with Crippen molar-refractivity contribution in [3.63, 3.8) is 0 Å². The van der Waals surface area contributed by atoms with E-state index in [4.69, 9.17) is 5.73 Å². The molecule has 1 unspecified atom stereocenters. The number of aromatic nitrogens is 3. The molecule has 2 heterocycles. The van der Waals surface area contributed by atoms with Gasteiger partial charge in [-0.3, -0.25) is 14.2 Å². The monoisotopic (exact) mass is 404 g/mol. The normalized spacial score (nSPS) is 16.3. The Kier molecular flexibility index (Phi) is 5.47. The largest absolute Gasteiger partial charge is 0.367 e. The summed E-state index contributed by atoms with van der Waals surface area (Å²) in [5.74, 6) is -0.796. The average Bonchev–Trinajstić information content (AvgIpc) is 3.29. The number of carbonyl (C=O) groups excluding carboxylic acids is 2. The fraction of sp³-hybridized carbons (Fsp3) is 0.273. The van der Waals surface area contributed by atoms with Crippen molar-refractivity contribution >= 4 is 23.2 Å². The van der Waals surface area contributed by atoms with Gasteiger partial charge in [-0.1, -0.05) is 6.07 Å². The molecule has 0 radical (unpaired) electrons. The van der Waals surface area contributed by atoms with E-state index in [-0.39, 0.29) is 5.91 Å². The molecule has 1 fully saturated rings. The quantitative estimate of drug-likeness (QED) is 0.680. The highest BCUT2D eigenvalue weighted by Gasteiger charge is 2.22. The first kappa shape index (κ1) is 19.6. The number of primary amides is 1. The van der Waals surface area contributed by atoms with Gasteiger partial charge in [0.05, 0.1) is 11.4 Å². The average molecular weight is 404 g/mol. The molecule has 3 aromatic rings. The fourth-order valence-electron chi connectivity index (χ4n) is 3.83. The predicted molar refractivity (Wildman–Crippen MR) is 115 cm³/mol. The minimum absolute atomic E-state index is 0.266. The summed E-state index contributed by atoms with van der Waals surface area (Å²) in [5.41, 5.74) is 8.58. The van der Waals surface area contributed by atoms with Crippen LogP contribution in [0, 0.1) is 0 Å². The van der Waals surface area contributed by atoms with Gasteiger partial charge in [-0.05, 0) is 62.6 Å². The smallest absolute Gasteiger partial charge is 0.255 e. The number of anilines is 2. The van der Waals surface area contributed by atoms with Crippen molar-refractivity contribution in [2.24, 2.45) is 5.73 Å². The fourth-order valence-corrected chi connectivity index (χ4v) is 3.83. The van der Waals surface area contributed by atoms with Gasteiger partial charge >= 0.3 is 0 Å². The van der Waals surface area contributed by atoms with E-state index in [1.807, 2.05) is 12.1 Å². The maximum atomic E-state index is 13.0. The van der Waals surface area contributed by atoms with Crippen LogP contribution in [-0.2, 0) is 0 Å². The van der Waals surface area contributed by atoms with Crippen LogP contribution in [0.5, 0.6) is 0 Å². The van der Waals surface area contributed by atoms with Gasteiger partial charge in [0.15, 0.2) is 0 Å². The number of nitrogens with zero attached hydrogens (tertiary/aromatic N) is 4. The van der Waals surface area contributed by atoms with E-state index in [1.165, 1.54) is 6.42 Å². The molecule has 0 aliphatic carbocycles. The van der Waals surface area contributed by atoms with Gasteiger partial charge in [0.1, 0.15) is 12.7 Å². The van der Waals surface area contributed by atoms with Crippen molar-refractivity contribution in [3.05, 3.63) is 66.2 Å². The van der Waals surface area contributed by atoms with Crippen LogP contribution in [-0.4, -0.2) is 39.2 Å². The first-order chi connectivity index (χ1) is 14.5. The van der Waals surface area contributed by atoms with Crippen molar-refractivity contribution in [2.45, 2.75) is 32.2 Å². The van der Waals surface area contributed by atoms with Crippen LogP contribution in [0.4, 0.5) is 11.4 Å². The first-order valence-electron chi connectivity index (χ1n) is 10.00. The number of nitrogens with one attached hydrogen (secondary N) is 1. The lowest BCUT2D eigenvalue weighted by atomic mass is 10.0. The van der Waals surface area contributed by atoms with Gasteiger partial charge in [-0.25, -0.2) is 0 Å². The summed E-state index contributed by atoms with van der Waals surface area (Å²) >= 11 is 0. The molecule has 0 spiro atoms. The van der Waals surface area contributed by atoms with Crippen LogP contribution in [0.1, 0.15) is 46.9 Å². The van der Waals surface area contributed by atoms with Gasteiger partial charge in [-0.2, -0.15) is 0 Å². The molecule has 8 nitrogen and oxygen atoms in total. The standard InChI is InChI=1S/C22H24N6O2/c1-15-5-2-3-10-28(15)20-9-8-16(21(23)29)12-19(20)26-22(30)17-6-4-7-18(11-17)27-13-24-25-14-27/h4,6-9,11-15H,2-3,5,10H2,1H3,(H2,23,29)(H,26,30). The number of amides is 2. The summed E-state index contributed by atoms with van der Waals surface area (Å²) in [4.78, 5) is 27.0. The van der Waals surface area contributed by atoms with E-state index in [0.29, 0.717) is 22.9 Å². The second kappa shape index (κ2) is 8.36. The summed E-state index contributed by atoms with van der Waals surface area (Å²) in [6.45, 7) is 3.08. The van der Waals surface area contributed by atoms with Crippen LogP contribution >= 0.6 is 0 Å². The summed E-state index contributed by atoms with van der Waals surface area (Å²) in [6, 6.07) is 12.8. The molecule has 2 aromatic carbocycles. The third-order valence-electron chi connectivity index (χ3n) is 5.47. The number of carbonyl (C=O) groups is 2. The Bertz CT molecular complexity index is 1060. The van der Waals surface area contributed by atoms with E-state index in [2.05, 4.69) is 27.3 Å². The van der Waals surface area contributed by atoms with Crippen LogP contribution in [0.2, 0.25) is 0 Å². The maximum absolute atomic E-state index is 13.0. The molecular formula is C22H24N6O2. The molecule has 2 amide bonds. The van der Waals surface area contributed by atoms with E-state index in [0.717, 1.165) is 30.8 Å². The van der Waals surface area contributed by atoms with Gasteiger partial charge in [-0.15, -0.1) is 10.2 Å². The zero-order valence-electron chi connectivity index (χ0n) is 16.8. The number of hydrogen-bond donors (Lipinski definition) is 2. The summed E-state index contributed by atoms with van der Waals surface area (Å²) in [6.07, 6.45) is 6.52. The summed E-state index contributed by atoms with van der Waals surface area (Å²) in [7, 11) is 0. The van der Waals surface area contributed by atoms with Gasteiger partial charge in [0.25, 0.3) is 5.91 Å². The zero-order chi connectivity index (χ0) is 21.1. The van der Waals surface area contributed by atoms with Gasteiger partial charge in [0.2, 0.25) is 5.91 Å². The van der Waals surface area contributed by atoms with E-state index in [1.54, 1.807) is 47.6 Å². The maximum Gasteiger partial charge on any atom is 0.255 e. The van der Waals surface area contributed by atoms with Crippen LogP contribution in [0.25, 0.3) is 5.69 Å². The molecule has 1 atom stereocenters. The number of hydrogen-bond acceptors (Lipinski definition) is 5. The molecule has 0 bridgehead atoms. The summed E-state index contributed by atoms with van der Waals surface area (Å²) in [5, 5.41) is 10.6. The van der Waals surface area contributed by atoms with Crippen molar-refractivity contribution in [3.8, 4) is 5.69 Å². The van der Waals surface area contributed by atoms with E-state index < -0.39 is 5.91 Å². The van der Waals surface area contributed by atoms with Gasteiger partial charge in [0, 0.05) is 29.4 Å². The SMILES string of the molecule is CC1CCCCN1c1ccc(C(N)=O)cc1NC(=O)c1cccc(-n2cnnc2)c1. The Labute approximate surface area is 174 Å². The Morgan fingerprint density at radius 3 is 2.60 bits per heavy atom. The molecule has 30 heavy (non-hydrogen) atoms. The molecule has 1 aliphatic heterocycles. The molecule has 8 heteroatoms. The number of benzene rings is 2. The van der Waals surface area contributed by atoms with Crippen molar-refractivity contribution in [1.29, 1.82) is 0 Å². The number of rotatable bonds is 5. The summed E-state index contributed by atoms with van der Waals surface area (Å²) < 4.78 is 1.73. The minimum atomic E-state index is -0.529. The van der Waals surface area contributed by atoms with Crippen molar-refractivity contribution in [1.82, 2.24) is 14.8 Å². The molecule has 4 rings (SSSR count). The molecule has 1 aromatic heterocycles. The van der Waals surface area contributed by atoms with Crippen LogP contribution in [0.3, 0.4) is 0 Å². The molecule has 154 valence electrons. The lowest BCUT2D eigenvalue weighted by Gasteiger charge is -2.36. The molecule has 0 saturated carbocycles. The van der Waals surface area contributed by atoms with Crippen molar-refractivity contribution < 1.29 is 9.59 Å². The lowest BCUT2D eigenvalue weighted by Crippen LogP contribution is -2.38. The minimum Gasteiger partial charge on any atom is -0.367 e. The second-order valence-electron chi connectivity index (χ2n) is 7.51. The Morgan fingerprint density at radius 1 is 1.07 bits per heavy atom. The Hall–Kier alpha value is -3.68. The predicted octanol–water partition coefficient (Wildman–Crippen LogP) is 3.00. The van der Waals surface area contributed by atoms with Crippen molar-refractivity contribution in [2.75, 3.05) is 16.8 Å². The topological polar surface area (TPSA) is 106 Å². The lowest BCUT2D eigenvalue weighted by molar-refractivity contribution is 0.0996. The third kappa shape index (κ3) is 4.03. The highest BCUT2D eigenvalue weighted by atomic mass is 16.2. The molecule has 1 saturated heterocycles. The number of nitrogens with two attached hydrogens (primary N) is 1. The molecular weight excluding hydrogens is 380 g/mol. The van der Waals surface area contributed by atoms with Crippen LogP contribution < -0.4 is 16.0 Å².